The first-order chi connectivity index (χ1) is 9.22. The molecule has 0 aromatic heterocycles. The average Bonchev–Trinajstić information content (AvgIpc) is 2.82. The first kappa shape index (κ1) is 13.6. The molecule has 1 fully saturated rings. The molecule has 2 atom stereocenters. The first-order valence-electron chi connectivity index (χ1n) is 6.72. The lowest BCUT2D eigenvalue weighted by molar-refractivity contribution is 0.0929. The van der Waals surface area contributed by atoms with Crippen LogP contribution in [0.4, 0.5) is 0 Å². The lowest BCUT2D eigenvalue weighted by Gasteiger charge is -2.17. The smallest absolute Gasteiger partial charge is 0.252 e. The number of hydrogen-bond acceptors (Lipinski definition) is 2. The number of hydrogen-bond donors (Lipinski definition) is 2. The number of nitrogens with one attached hydrogen (secondary N) is 1. The van der Waals surface area contributed by atoms with Crippen molar-refractivity contribution in [2.45, 2.75) is 32.2 Å². The van der Waals surface area contributed by atoms with E-state index in [1.165, 1.54) is 12.8 Å². The summed E-state index contributed by atoms with van der Waals surface area (Å²) < 4.78 is 0. The van der Waals surface area contributed by atoms with Crippen LogP contribution in [-0.4, -0.2) is 23.7 Å². The molecule has 1 aromatic rings. The van der Waals surface area contributed by atoms with Crippen molar-refractivity contribution in [3.63, 3.8) is 0 Å². The van der Waals surface area contributed by atoms with E-state index in [-0.39, 0.29) is 18.6 Å². The van der Waals surface area contributed by atoms with E-state index in [2.05, 4.69) is 24.1 Å². The Balaban J connectivity index is 2.14. The van der Waals surface area contributed by atoms with Crippen molar-refractivity contribution < 1.29 is 9.90 Å². The summed E-state index contributed by atoms with van der Waals surface area (Å²) >= 11 is 0. The van der Waals surface area contributed by atoms with Crippen LogP contribution in [0, 0.1) is 17.8 Å². The summed E-state index contributed by atoms with van der Waals surface area (Å²) in [4.78, 5) is 12.3. The van der Waals surface area contributed by atoms with Crippen molar-refractivity contribution in [1.29, 1.82) is 0 Å². The largest absolute Gasteiger partial charge is 0.384 e. The van der Waals surface area contributed by atoms with E-state index >= 15 is 0 Å². The maximum Gasteiger partial charge on any atom is 0.252 e. The zero-order valence-electron chi connectivity index (χ0n) is 11.1. The van der Waals surface area contributed by atoms with Crippen LogP contribution in [0.3, 0.4) is 0 Å². The SMILES string of the molecule is CC1CCCC1NC(=O)c1ccccc1C#CCO. The average molecular weight is 257 g/mol. The van der Waals surface area contributed by atoms with E-state index in [0.717, 1.165) is 6.42 Å². The Morgan fingerprint density at radius 1 is 1.42 bits per heavy atom. The Morgan fingerprint density at radius 3 is 2.89 bits per heavy atom. The van der Waals surface area contributed by atoms with Gasteiger partial charge in [-0.15, -0.1) is 0 Å². The quantitative estimate of drug-likeness (QED) is 0.796. The zero-order valence-corrected chi connectivity index (χ0v) is 11.1. The Labute approximate surface area is 114 Å². The maximum absolute atomic E-state index is 12.3. The third kappa shape index (κ3) is 3.36. The Morgan fingerprint density at radius 2 is 2.21 bits per heavy atom. The van der Waals surface area contributed by atoms with Gasteiger partial charge in [-0.3, -0.25) is 4.79 Å². The summed E-state index contributed by atoms with van der Waals surface area (Å²) in [7, 11) is 0. The summed E-state index contributed by atoms with van der Waals surface area (Å²) in [6.45, 7) is 1.98. The number of aliphatic hydroxyl groups excluding tert-OH is 1. The van der Waals surface area contributed by atoms with Gasteiger partial charge in [0.2, 0.25) is 0 Å². The zero-order chi connectivity index (χ0) is 13.7. The molecular formula is C16H19NO2. The highest BCUT2D eigenvalue weighted by Crippen LogP contribution is 2.25. The van der Waals surface area contributed by atoms with Crippen LogP contribution in [0.25, 0.3) is 0 Å². The monoisotopic (exact) mass is 257 g/mol. The Hall–Kier alpha value is -1.79. The molecule has 1 aliphatic carbocycles. The third-order valence-electron chi connectivity index (χ3n) is 3.65. The minimum Gasteiger partial charge on any atom is -0.384 e. The van der Waals surface area contributed by atoms with Gasteiger partial charge in [-0.05, 0) is 30.9 Å². The first-order valence-corrected chi connectivity index (χ1v) is 6.72. The highest BCUT2D eigenvalue weighted by molar-refractivity contribution is 5.96. The van der Waals surface area contributed by atoms with Gasteiger partial charge < -0.3 is 10.4 Å². The number of carbonyl (C=O) groups is 1. The van der Waals surface area contributed by atoms with Gasteiger partial charge in [-0.2, -0.15) is 0 Å². The Kier molecular flexibility index (Phi) is 4.59. The topological polar surface area (TPSA) is 49.3 Å². The van der Waals surface area contributed by atoms with E-state index in [1.54, 1.807) is 12.1 Å². The predicted octanol–water partition coefficient (Wildman–Crippen LogP) is 1.95. The van der Waals surface area contributed by atoms with Crippen LogP contribution >= 0.6 is 0 Å². The second-order valence-corrected chi connectivity index (χ2v) is 4.99. The summed E-state index contributed by atoms with van der Waals surface area (Å²) in [5.74, 6) is 5.88. The minimum atomic E-state index is -0.199. The number of rotatable bonds is 2. The fraction of sp³-hybridized carbons (Fsp3) is 0.438. The van der Waals surface area contributed by atoms with Gasteiger partial charge in [-0.1, -0.05) is 37.3 Å². The molecule has 0 bridgehead atoms. The number of amides is 1. The highest BCUT2D eigenvalue weighted by atomic mass is 16.2. The van der Waals surface area contributed by atoms with E-state index in [0.29, 0.717) is 17.0 Å². The molecule has 3 nitrogen and oxygen atoms in total. The van der Waals surface area contributed by atoms with Crippen LogP contribution in [-0.2, 0) is 0 Å². The number of carbonyl (C=O) groups excluding carboxylic acids is 1. The van der Waals surface area contributed by atoms with Crippen LogP contribution in [0.1, 0.15) is 42.1 Å². The molecule has 1 aromatic carbocycles. The Bertz CT molecular complexity index is 513. The molecule has 1 saturated carbocycles. The number of benzene rings is 1. The molecule has 3 heteroatoms. The predicted molar refractivity (Wildman–Crippen MR) is 74.7 cm³/mol. The molecular weight excluding hydrogens is 238 g/mol. The lowest BCUT2D eigenvalue weighted by Crippen LogP contribution is -2.36. The molecule has 1 amide bonds. The van der Waals surface area contributed by atoms with Crippen LogP contribution in [0.5, 0.6) is 0 Å². The van der Waals surface area contributed by atoms with E-state index in [4.69, 9.17) is 5.11 Å². The molecule has 0 saturated heterocycles. The van der Waals surface area contributed by atoms with Crippen molar-refractivity contribution in [1.82, 2.24) is 5.32 Å². The molecule has 2 unspecified atom stereocenters. The summed E-state index contributed by atoms with van der Waals surface area (Å²) in [5, 5.41) is 11.8. The van der Waals surface area contributed by atoms with Gasteiger partial charge in [0, 0.05) is 11.6 Å². The normalized spacial score (nSPS) is 21.6. The van der Waals surface area contributed by atoms with Crippen molar-refractivity contribution in [3.8, 4) is 11.8 Å². The fourth-order valence-electron chi connectivity index (χ4n) is 2.53. The van der Waals surface area contributed by atoms with E-state index < -0.39 is 0 Å². The highest BCUT2D eigenvalue weighted by Gasteiger charge is 2.25. The molecule has 100 valence electrons. The van der Waals surface area contributed by atoms with Gasteiger partial charge in [0.15, 0.2) is 0 Å². The standard InChI is InChI=1S/C16H19NO2/c1-12-6-4-10-15(12)17-16(19)14-9-3-2-7-13(14)8-5-11-18/h2-3,7,9,12,15,18H,4,6,10-11H2,1H3,(H,17,19). The summed E-state index contributed by atoms with van der Waals surface area (Å²) in [6, 6.07) is 7.52. The molecule has 0 heterocycles. The maximum atomic E-state index is 12.3. The van der Waals surface area contributed by atoms with E-state index in [9.17, 15) is 4.79 Å². The van der Waals surface area contributed by atoms with Crippen LogP contribution < -0.4 is 5.32 Å². The van der Waals surface area contributed by atoms with Gasteiger partial charge in [-0.25, -0.2) is 0 Å². The minimum absolute atomic E-state index is 0.0680. The van der Waals surface area contributed by atoms with E-state index in [1.807, 2.05) is 12.1 Å². The molecule has 1 aliphatic rings. The second kappa shape index (κ2) is 6.40. The van der Waals surface area contributed by atoms with Crippen molar-refractivity contribution in [2.75, 3.05) is 6.61 Å². The molecule has 2 N–H and O–H groups in total. The molecule has 19 heavy (non-hydrogen) atoms. The lowest BCUT2D eigenvalue weighted by atomic mass is 10.0. The summed E-state index contributed by atoms with van der Waals surface area (Å²) in [5.41, 5.74) is 1.25. The molecule has 0 aliphatic heterocycles. The molecule has 0 radical (unpaired) electrons. The summed E-state index contributed by atoms with van der Waals surface area (Å²) in [6.07, 6.45) is 3.41. The van der Waals surface area contributed by atoms with Crippen molar-refractivity contribution in [3.05, 3.63) is 35.4 Å². The fourth-order valence-corrected chi connectivity index (χ4v) is 2.53. The van der Waals surface area contributed by atoms with Gasteiger partial charge >= 0.3 is 0 Å². The van der Waals surface area contributed by atoms with Gasteiger partial charge in [0.1, 0.15) is 6.61 Å². The molecule has 0 spiro atoms. The number of aliphatic hydroxyl groups is 1. The van der Waals surface area contributed by atoms with Gasteiger partial charge in [0.05, 0.1) is 5.56 Å². The van der Waals surface area contributed by atoms with Crippen LogP contribution in [0.2, 0.25) is 0 Å². The third-order valence-corrected chi connectivity index (χ3v) is 3.65. The second-order valence-electron chi connectivity index (χ2n) is 4.99. The molecule has 2 rings (SSSR count). The van der Waals surface area contributed by atoms with Gasteiger partial charge in [0.25, 0.3) is 5.91 Å². The van der Waals surface area contributed by atoms with Crippen LogP contribution in [0.15, 0.2) is 24.3 Å². The van der Waals surface area contributed by atoms with Crippen molar-refractivity contribution >= 4 is 5.91 Å². The van der Waals surface area contributed by atoms with Crippen molar-refractivity contribution in [2.24, 2.45) is 5.92 Å².